The molecule has 3 atom stereocenters. The van der Waals surface area contributed by atoms with Crippen molar-refractivity contribution in [3.8, 4) is 0 Å². The molecule has 0 radical (unpaired) electrons. The van der Waals surface area contributed by atoms with Crippen molar-refractivity contribution >= 4 is 23.6 Å². The molecule has 3 aliphatic rings. The Kier molecular flexibility index (Phi) is 10.4. The lowest BCUT2D eigenvalue weighted by Gasteiger charge is -2.42. The van der Waals surface area contributed by atoms with E-state index in [1.54, 1.807) is 6.20 Å². The maximum absolute atomic E-state index is 14.2. The zero-order valence-corrected chi connectivity index (χ0v) is 29.1. The smallest absolute Gasteiger partial charge is 0.408 e. The van der Waals surface area contributed by atoms with Crippen LogP contribution in [0.2, 0.25) is 0 Å². The Balaban J connectivity index is 1.32. The van der Waals surface area contributed by atoms with Gasteiger partial charge in [-0.15, -0.1) is 0 Å². The minimum Gasteiger partial charge on any atom is -0.445 e. The molecule has 16 heteroatoms. The van der Waals surface area contributed by atoms with Gasteiger partial charge in [-0.25, -0.2) is 23.1 Å². The molecule has 2 saturated heterocycles. The Hall–Kier alpha value is -4.08. The Morgan fingerprint density at radius 2 is 1.75 bits per heavy atom. The first-order valence-electron chi connectivity index (χ1n) is 17.5. The molecule has 1 aliphatic carbocycles. The number of ether oxygens (including phenoxy) is 1. The van der Waals surface area contributed by atoms with Crippen molar-refractivity contribution < 1.29 is 36.3 Å². The zero-order chi connectivity index (χ0) is 36.6. The maximum atomic E-state index is 14.2. The van der Waals surface area contributed by atoms with E-state index in [1.165, 1.54) is 4.52 Å². The summed E-state index contributed by atoms with van der Waals surface area (Å²) in [4.78, 5) is 39.8. The predicted octanol–water partition coefficient (Wildman–Crippen LogP) is 5.69. The van der Waals surface area contributed by atoms with Gasteiger partial charge in [0.2, 0.25) is 11.8 Å². The van der Waals surface area contributed by atoms with Gasteiger partial charge >= 0.3 is 12.3 Å². The number of hydrogen-bond acceptors (Lipinski definition) is 8. The van der Waals surface area contributed by atoms with Crippen LogP contribution in [0.3, 0.4) is 0 Å². The molecule has 2 amide bonds. The number of nitrogens with one attached hydrogen (secondary N) is 2. The molecular formula is C35H45F5N8O3. The second kappa shape index (κ2) is 14.5. The van der Waals surface area contributed by atoms with Crippen LogP contribution in [0, 0.1) is 17.8 Å². The molecule has 1 aromatic carbocycles. The van der Waals surface area contributed by atoms with Crippen molar-refractivity contribution in [1.29, 1.82) is 0 Å². The summed E-state index contributed by atoms with van der Waals surface area (Å²) in [6.07, 6.45) is -4.48. The average Bonchev–Trinajstić information content (AvgIpc) is 3.49. The Morgan fingerprint density at radius 3 is 2.39 bits per heavy atom. The molecule has 11 nitrogen and oxygen atoms in total. The monoisotopic (exact) mass is 720 g/mol. The Morgan fingerprint density at radius 1 is 1.06 bits per heavy atom. The first-order chi connectivity index (χ1) is 24.1. The van der Waals surface area contributed by atoms with E-state index in [4.69, 9.17) is 19.8 Å². The molecule has 0 spiro atoms. The van der Waals surface area contributed by atoms with Gasteiger partial charge in [-0.05, 0) is 51.5 Å². The second-order valence-corrected chi connectivity index (χ2v) is 14.9. The van der Waals surface area contributed by atoms with E-state index in [9.17, 15) is 31.5 Å². The number of piperidine rings is 1. The van der Waals surface area contributed by atoms with Crippen LogP contribution in [-0.2, 0) is 22.6 Å². The first-order valence-corrected chi connectivity index (χ1v) is 17.5. The van der Waals surface area contributed by atoms with Crippen molar-refractivity contribution in [3.63, 3.8) is 0 Å². The molecule has 2 aliphatic heterocycles. The van der Waals surface area contributed by atoms with Crippen LogP contribution in [-0.4, -0.2) is 86.8 Å². The lowest BCUT2D eigenvalue weighted by Crippen LogP contribution is -2.54. The third kappa shape index (κ3) is 8.87. The number of imidazole rings is 1. The number of nitrogens with zero attached hydrogens (tertiary/aromatic N) is 6. The average molecular weight is 721 g/mol. The lowest BCUT2D eigenvalue weighted by atomic mass is 9.81. The number of piperazine rings is 1. The summed E-state index contributed by atoms with van der Waals surface area (Å²) >= 11 is 0. The number of benzene rings is 1. The van der Waals surface area contributed by atoms with E-state index < -0.39 is 48.5 Å². The molecule has 3 aromatic rings. The van der Waals surface area contributed by atoms with Gasteiger partial charge in [-0.3, -0.25) is 9.69 Å². The number of anilines is 1. The fourth-order valence-corrected chi connectivity index (χ4v) is 7.27. The van der Waals surface area contributed by atoms with E-state index >= 15 is 0 Å². The number of hydrogen-bond donors (Lipinski definition) is 2. The van der Waals surface area contributed by atoms with Crippen molar-refractivity contribution in [2.24, 2.45) is 17.8 Å². The quantitative estimate of drug-likeness (QED) is 0.285. The fourth-order valence-electron chi connectivity index (χ4n) is 7.27. The Labute approximate surface area is 293 Å². The van der Waals surface area contributed by atoms with Gasteiger partial charge < -0.3 is 20.3 Å². The van der Waals surface area contributed by atoms with Gasteiger partial charge in [0.05, 0.1) is 23.9 Å². The normalized spacial score (nSPS) is 22.8. The summed E-state index contributed by atoms with van der Waals surface area (Å²) < 4.78 is 76.4. The number of rotatable bonds is 8. The second-order valence-electron chi connectivity index (χ2n) is 14.9. The third-order valence-electron chi connectivity index (χ3n) is 10.3. The van der Waals surface area contributed by atoms with Gasteiger partial charge in [0.25, 0.3) is 5.78 Å². The topological polar surface area (TPSA) is 117 Å². The molecule has 4 heterocycles. The molecule has 1 saturated carbocycles. The van der Waals surface area contributed by atoms with E-state index in [2.05, 4.69) is 36.3 Å². The summed E-state index contributed by atoms with van der Waals surface area (Å²) in [5.74, 6) is -5.70. The van der Waals surface area contributed by atoms with Crippen LogP contribution in [0.15, 0.2) is 36.5 Å². The van der Waals surface area contributed by atoms with Gasteiger partial charge in [-0.2, -0.15) is 23.3 Å². The summed E-state index contributed by atoms with van der Waals surface area (Å²) in [7, 11) is 0. The number of alkyl halides is 5. The van der Waals surface area contributed by atoms with Gasteiger partial charge in [0, 0.05) is 63.4 Å². The van der Waals surface area contributed by atoms with Crippen LogP contribution in [0.5, 0.6) is 0 Å². The fraction of sp³-hybridized carbons (Fsp3) is 0.629. The minimum absolute atomic E-state index is 0.00947. The van der Waals surface area contributed by atoms with Crippen molar-refractivity contribution in [1.82, 2.24) is 35.1 Å². The number of fused-ring (bicyclic) bond motifs is 1. The van der Waals surface area contributed by atoms with Gasteiger partial charge in [0.1, 0.15) is 12.3 Å². The van der Waals surface area contributed by atoms with E-state index in [0.717, 1.165) is 5.56 Å². The Bertz CT molecular complexity index is 1680. The van der Waals surface area contributed by atoms with E-state index in [1.807, 2.05) is 35.2 Å². The lowest BCUT2D eigenvalue weighted by molar-refractivity contribution is -0.183. The number of halogens is 5. The van der Waals surface area contributed by atoms with Crippen molar-refractivity contribution in [2.75, 3.05) is 37.6 Å². The molecule has 0 unspecified atom stereocenters. The molecule has 0 bridgehead atoms. The maximum Gasteiger partial charge on any atom is 0.408 e. The SMILES string of the molecule is CC(C)(C)N1CCN(c2nc3nc([C@@H](NC(=O)OCc4ccccc4)C4CCC(F)(F)CC4)cn3nc2C[C@H]2C[C@@H](C(F)(F)F)CNC2=O)CC1. The summed E-state index contributed by atoms with van der Waals surface area (Å²) in [5, 5.41) is 10.0. The highest BCUT2D eigenvalue weighted by Crippen LogP contribution is 2.41. The molecule has 2 aromatic heterocycles. The van der Waals surface area contributed by atoms with Crippen LogP contribution in [0.1, 0.15) is 75.9 Å². The van der Waals surface area contributed by atoms with E-state index in [0.29, 0.717) is 43.4 Å². The minimum atomic E-state index is -4.46. The molecule has 6 rings (SSSR count). The molecule has 278 valence electrons. The molecular weight excluding hydrogens is 675 g/mol. The van der Waals surface area contributed by atoms with Crippen molar-refractivity contribution in [3.05, 3.63) is 53.5 Å². The number of carbonyl (C=O) groups is 2. The highest BCUT2D eigenvalue weighted by atomic mass is 19.4. The molecule has 3 fully saturated rings. The number of alkyl carbamates (subject to hydrolysis) is 1. The zero-order valence-electron chi connectivity index (χ0n) is 29.1. The summed E-state index contributed by atoms with van der Waals surface area (Å²) in [6, 6.07) is 8.31. The molecule has 2 N–H and O–H groups in total. The number of carbonyl (C=O) groups excluding carboxylic acids is 2. The molecule has 51 heavy (non-hydrogen) atoms. The number of aromatic nitrogens is 4. The van der Waals surface area contributed by atoms with Crippen molar-refractivity contribution in [2.45, 2.75) is 89.6 Å². The van der Waals surface area contributed by atoms with Crippen LogP contribution >= 0.6 is 0 Å². The van der Waals surface area contributed by atoms with Crippen LogP contribution < -0.4 is 15.5 Å². The standard InChI is InChI=1S/C35H45F5N8O3/c1-33(2,3)47-15-13-46(14-16-47)29-26(18-24-17-25(35(38,39)40)19-41-30(24)49)45-48-20-27(42-31(48)44-29)28(23-9-11-34(36,37)12-10-23)43-32(50)51-21-22-7-5-4-6-8-22/h4-8,20,23-25,28H,9-19,21H2,1-3H3,(H,41,49)(H,43,50)/t24-,25-,28+/m1/s1. The predicted molar refractivity (Wildman–Crippen MR) is 178 cm³/mol. The van der Waals surface area contributed by atoms with Crippen LogP contribution in [0.4, 0.5) is 32.6 Å². The highest BCUT2D eigenvalue weighted by molar-refractivity contribution is 5.80. The summed E-state index contributed by atoms with van der Waals surface area (Å²) in [6.45, 7) is 8.47. The third-order valence-corrected chi connectivity index (χ3v) is 10.3. The largest absolute Gasteiger partial charge is 0.445 e. The van der Waals surface area contributed by atoms with Gasteiger partial charge in [-0.1, -0.05) is 30.3 Å². The highest BCUT2D eigenvalue weighted by Gasteiger charge is 2.45. The number of amides is 2. The summed E-state index contributed by atoms with van der Waals surface area (Å²) in [5.41, 5.74) is 1.40. The van der Waals surface area contributed by atoms with Gasteiger partial charge in [0.15, 0.2) is 5.82 Å². The first kappa shape index (κ1) is 36.7. The van der Waals surface area contributed by atoms with Crippen LogP contribution in [0.25, 0.3) is 5.78 Å². The van der Waals surface area contributed by atoms with E-state index in [-0.39, 0.29) is 62.4 Å².